The number of halogens is 2. The molecular formula is C11H11Cl2N3O. The second kappa shape index (κ2) is 5.35. The van der Waals surface area contributed by atoms with Crippen molar-refractivity contribution in [2.24, 2.45) is 0 Å². The van der Waals surface area contributed by atoms with Gasteiger partial charge in [-0.15, -0.1) is 0 Å². The Balaban J connectivity index is 2.95. The zero-order valence-electron chi connectivity index (χ0n) is 9.42. The summed E-state index contributed by atoms with van der Waals surface area (Å²) in [6, 6.07) is 4.98. The molecule has 0 radical (unpaired) electrons. The Labute approximate surface area is 110 Å². The van der Waals surface area contributed by atoms with Gasteiger partial charge in [-0.05, 0) is 25.5 Å². The zero-order chi connectivity index (χ0) is 13.1. The number of aromatic nitrogens is 1. The molecule has 1 atom stereocenters. The number of nitrogens with zero attached hydrogens (tertiary/aromatic N) is 2. The van der Waals surface area contributed by atoms with Crippen molar-refractivity contribution < 1.29 is 4.79 Å². The molecule has 4 nitrogen and oxygen atoms in total. The number of rotatable bonds is 3. The van der Waals surface area contributed by atoms with E-state index in [4.69, 9.17) is 28.5 Å². The number of nitrogens with one attached hydrogen (secondary N) is 1. The highest BCUT2D eigenvalue weighted by molar-refractivity contribution is 6.34. The van der Waals surface area contributed by atoms with Crippen LogP contribution in [0.3, 0.4) is 0 Å². The number of pyridine rings is 1. The van der Waals surface area contributed by atoms with Crippen molar-refractivity contribution in [3.8, 4) is 6.07 Å². The molecule has 1 unspecified atom stereocenters. The lowest BCUT2D eigenvalue weighted by Gasteiger charge is -2.21. The minimum Gasteiger partial charge on any atom is -0.334 e. The molecule has 1 amide bonds. The van der Waals surface area contributed by atoms with Crippen LogP contribution in [0.1, 0.15) is 30.6 Å². The van der Waals surface area contributed by atoms with Gasteiger partial charge < -0.3 is 5.32 Å². The van der Waals surface area contributed by atoms with Crippen LogP contribution < -0.4 is 5.32 Å². The second-order valence-corrected chi connectivity index (χ2v) is 4.47. The molecule has 1 heterocycles. The van der Waals surface area contributed by atoms with Crippen LogP contribution in [0.25, 0.3) is 0 Å². The number of hydrogen-bond acceptors (Lipinski definition) is 3. The molecule has 1 aromatic heterocycles. The second-order valence-electron chi connectivity index (χ2n) is 3.72. The van der Waals surface area contributed by atoms with E-state index in [1.807, 2.05) is 13.0 Å². The Hall–Kier alpha value is -1.31. The minimum absolute atomic E-state index is 0.0198. The van der Waals surface area contributed by atoms with E-state index < -0.39 is 11.4 Å². The monoisotopic (exact) mass is 271 g/mol. The predicted molar refractivity (Wildman–Crippen MR) is 66.0 cm³/mol. The molecule has 1 N–H and O–H groups in total. The van der Waals surface area contributed by atoms with Crippen molar-refractivity contribution in [3.63, 3.8) is 0 Å². The van der Waals surface area contributed by atoms with Gasteiger partial charge >= 0.3 is 0 Å². The van der Waals surface area contributed by atoms with Gasteiger partial charge in [0, 0.05) is 0 Å². The molecule has 0 aliphatic carbocycles. The van der Waals surface area contributed by atoms with Crippen LogP contribution in [0.5, 0.6) is 0 Å². The topological polar surface area (TPSA) is 65.8 Å². The molecule has 1 rings (SSSR count). The summed E-state index contributed by atoms with van der Waals surface area (Å²) in [5.41, 5.74) is -0.717. The number of nitriles is 1. The van der Waals surface area contributed by atoms with Crippen LogP contribution in [0, 0.1) is 11.3 Å². The highest BCUT2D eigenvalue weighted by Gasteiger charge is 2.25. The minimum atomic E-state index is -0.917. The van der Waals surface area contributed by atoms with E-state index in [2.05, 4.69) is 10.3 Å². The number of hydrogen-bond donors (Lipinski definition) is 1. The molecule has 90 valence electrons. The number of carbonyl (C=O) groups is 1. The standard InChI is InChI=1S/C11H11Cl2N3O/c1-3-11(2,6-14)16-10(17)7-4-5-8(12)15-9(7)13/h4-5H,3H2,1-2H3,(H,16,17). The Morgan fingerprint density at radius 1 is 1.59 bits per heavy atom. The van der Waals surface area contributed by atoms with Crippen molar-refractivity contribution in [1.29, 1.82) is 5.26 Å². The maximum absolute atomic E-state index is 11.9. The third-order valence-electron chi connectivity index (χ3n) is 2.40. The smallest absolute Gasteiger partial charge is 0.255 e. The van der Waals surface area contributed by atoms with Gasteiger partial charge in [0.2, 0.25) is 0 Å². The van der Waals surface area contributed by atoms with E-state index in [0.717, 1.165) is 0 Å². The maximum Gasteiger partial charge on any atom is 0.255 e. The summed E-state index contributed by atoms with van der Waals surface area (Å²) in [6.45, 7) is 3.45. The van der Waals surface area contributed by atoms with E-state index in [1.54, 1.807) is 6.92 Å². The molecule has 0 saturated heterocycles. The van der Waals surface area contributed by atoms with Gasteiger partial charge in [-0.3, -0.25) is 4.79 Å². The fourth-order valence-corrected chi connectivity index (χ4v) is 1.53. The summed E-state index contributed by atoms with van der Waals surface area (Å²) in [4.78, 5) is 15.6. The largest absolute Gasteiger partial charge is 0.334 e. The number of amides is 1. The Morgan fingerprint density at radius 3 is 2.71 bits per heavy atom. The van der Waals surface area contributed by atoms with Crippen LogP contribution >= 0.6 is 23.2 Å². The normalized spacial score (nSPS) is 13.6. The average molecular weight is 272 g/mol. The first-order chi connectivity index (χ1) is 7.91. The highest BCUT2D eigenvalue weighted by atomic mass is 35.5. The average Bonchev–Trinajstić information content (AvgIpc) is 2.28. The maximum atomic E-state index is 11.9. The van der Waals surface area contributed by atoms with Gasteiger partial charge in [-0.2, -0.15) is 5.26 Å². The van der Waals surface area contributed by atoms with Crippen LogP contribution in [0.15, 0.2) is 12.1 Å². The summed E-state index contributed by atoms with van der Waals surface area (Å²) >= 11 is 11.4. The zero-order valence-corrected chi connectivity index (χ0v) is 10.9. The Bertz CT molecular complexity index is 484. The SMILES string of the molecule is CCC(C)(C#N)NC(=O)c1ccc(Cl)nc1Cl. The summed E-state index contributed by atoms with van der Waals surface area (Å²) in [6.07, 6.45) is 0.494. The van der Waals surface area contributed by atoms with Crippen LogP contribution in [-0.4, -0.2) is 16.4 Å². The third-order valence-corrected chi connectivity index (χ3v) is 2.90. The first kappa shape index (κ1) is 13.8. The van der Waals surface area contributed by atoms with Crippen LogP contribution in [-0.2, 0) is 0 Å². The van der Waals surface area contributed by atoms with Crippen molar-refractivity contribution in [2.45, 2.75) is 25.8 Å². The summed E-state index contributed by atoms with van der Waals surface area (Å²) in [5, 5.41) is 11.8. The van der Waals surface area contributed by atoms with E-state index >= 15 is 0 Å². The molecular weight excluding hydrogens is 261 g/mol. The molecule has 1 aromatic rings. The van der Waals surface area contributed by atoms with Crippen molar-refractivity contribution in [3.05, 3.63) is 28.0 Å². The molecule has 17 heavy (non-hydrogen) atoms. The summed E-state index contributed by atoms with van der Waals surface area (Å²) in [7, 11) is 0. The van der Waals surface area contributed by atoms with E-state index in [-0.39, 0.29) is 15.9 Å². The van der Waals surface area contributed by atoms with Crippen molar-refractivity contribution in [2.75, 3.05) is 0 Å². The molecule has 0 spiro atoms. The quantitative estimate of drug-likeness (QED) is 0.860. The summed E-state index contributed by atoms with van der Waals surface area (Å²) < 4.78 is 0. The first-order valence-corrected chi connectivity index (χ1v) is 5.73. The lowest BCUT2D eigenvalue weighted by atomic mass is 10.0. The van der Waals surface area contributed by atoms with E-state index in [9.17, 15) is 4.79 Å². The lowest BCUT2D eigenvalue weighted by molar-refractivity contribution is 0.0923. The molecule has 0 aromatic carbocycles. The van der Waals surface area contributed by atoms with Crippen molar-refractivity contribution >= 4 is 29.1 Å². The predicted octanol–water partition coefficient (Wildman–Crippen LogP) is 2.81. The van der Waals surface area contributed by atoms with Gasteiger partial charge in [-0.25, -0.2) is 4.98 Å². The highest BCUT2D eigenvalue weighted by Crippen LogP contribution is 2.18. The fourth-order valence-electron chi connectivity index (χ4n) is 1.09. The molecule has 0 aliphatic heterocycles. The molecule has 0 bridgehead atoms. The lowest BCUT2D eigenvalue weighted by Crippen LogP contribution is -2.44. The molecule has 0 fully saturated rings. The molecule has 0 saturated carbocycles. The molecule has 6 heteroatoms. The molecule has 0 aliphatic rings. The van der Waals surface area contributed by atoms with E-state index in [0.29, 0.717) is 6.42 Å². The van der Waals surface area contributed by atoms with Gasteiger partial charge in [0.1, 0.15) is 15.8 Å². The van der Waals surface area contributed by atoms with Gasteiger partial charge in [-0.1, -0.05) is 30.1 Å². The summed E-state index contributed by atoms with van der Waals surface area (Å²) in [5.74, 6) is -0.440. The number of carbonyl (C=O) groups excluding carboxylic acids is 1. The van der Waals surface area contributed by atoms with E-state index in [1.165, 1.54) is 12.1 Å². The Morgan fingerprint density at radius 2 is 2.24 bits per heavy atom. The van der Waals surface area contributed by atoms with Gasteiger partial charge in [0.15, 0.2) is 0 Å². The Kier molecular flexibility index (Phi) is 4.33. The van der Waals surface area contributed by atoms with Crippen LogP contribution in [0.2, 0.25) is 10.3 Å². The van der Waals surface area contributed by atoms with Crippen LogP contribution in [0.4, 0.5) is 0 Å². The fraction of sp³-hybridized carbons (Fsp3) is 0.364. The van der Waals surface area contributed by atoms with Crippen molar-refractivity contribution in [1.82, 2.24) is 10.3 Å². The third kappa shape index (κ3) is 3.32. The first-order valence-electron chi connectivity index (χ1n) is 4.97. The van der Waals surface area contributed by atoms with Gasteiger partial charge in [0.05, 0.1) is 11.6 Å². The van der Waals surface area contributed by atoms with Gasteiger partial charge in [0.25, 0.3) is 5.91 Å².